The maximum absolute atomic E-state index is 14.9. The van der Waals surface area contributed by atoms with Gasteiger partial charge >= 0.3 is 24.1 Å². The van der Waals surface area contributed by atoms with Crippen LogP contribution in [0.25, 0.3) is 65.7 Å². The number of sulfonamides is 3. The Kier molecular flexibility index (Phi) is 25.9. The third kappa shape index (κ3) is 20.6. The summed E-state index contributed by atoms with van der Waals surface area (Å²) in [6, 6.07) is 58.6. The van der Waals surface area contributed by atoms with Crippen molar-refractivity contribution in [1.82, 2.24) is 0 Å². The Bertz CT molecular complexity index is 5830. The van der Waals surface area contributed by atoms with Gasteiger partial charge in [-0.15, -0.1) is 35.3 Å². The molecule has 0 radical (unpaired) electrons. The van der Waals surface area contributed by atoms with Crippen LogP contribution < -0.4 is 23.6 Å². The highest BCUT2D eigenvalue weighted by Gasteiger charge is 2.31. The number of thioether (sulfide) groups is 3. The number of carbonyl (C=O) groups is 3. The summed E-state index contributed by atoms with van der Waals surface area (Å²) < 4.78 is 153. The highest BCUT2D eigenvalue weighted by atomic mass is 32.2. The summed E-state index contributed by atoms with van der Waals surface area (Å²) in [5.74, 6) is -3.75. The number of aliphatic carboxylic acids is 3. The second-order valence-corrected chi connectivity index (χ2v) is 33.1. The molecule has 0 aromatic heterocycles. The first-order valence-electron chi connectivity index (χ1n) is 33.2. The quantitative estimate of drug-likeness (QED) is 0.0138. The second kappa shape index (κ2) is 35.0. The lowest BCUT2D eigenvalue weighted by molar-refractivity contribution is -0.138. The highest BCUT2D eigenvalue weighted by molar-refractivity contribution is 8.00. The summed E-state index contributed by atoms with van der Waals surface area (Å²) in [7, 11) is -12.4. The number of alkyl halides is 3. The molecular formula is C80H69F4N3O17S6. The van der Waals surface area contributed by atoms with E-state index < -0.39 is 65.5 Å². The largest absolute Gasteiger partial charge is 0.506 e. The van der Waals surface area contributed by atoms with Gasteiger partial charge in [0.1, 0.15) is 34.6 Å². The lowest BCUT2D eigenvalue weighted by Gasteiger charge is -2.15. The van der Waals surface area contributed by atoms with Crippen LogP contribution in [-0.2, 0) is 50.6 Å². The van der Waals surface area contributed by atoms with E-state index in [9.17, 15) is 72.5 Å². The zero-order valence-corrected chi connectivity index (χ0v) is 63.5. The van der Waals surface area contributed by atoms with Crippen molar-refractivity contribution in [2.45, 2.75) is 69.3 Å². The lowest BCUT2D eigenvalue weighted by atomic mass is 10.0. The average molecular weight is 1610 g/mol. The van der Waals surface area contributed by atoms with Gasteiger partial charge in [-0.25, -0.2) is 29.6 Å². The Balaban J connectivity index is 0.000000176. The molecule has 0 aliphatic carbocycles. The third-order valence-corrected chi connectivity index (χ3v) is 23.2. The first kappa shape index (κ1) is 81.4. The molecule has 9 N–H and O–H groups in total. The molecule has 30 heteroatoms. The van der Waals surface area contributed by atoms with Gasteiger partial charge in [-0.05, 0) is 139 Å². The minimum atomic E-state index is -4.54. The van der Waals surface area contributed by atoms with Gasteiger partial charge < -0.3 is 40.1 Å². The van der Waals surface area contributed by atoms with E-state index in [1.165, 1.54) is 84.9 Å². The minimum absolute atomic E-state index is 0.00912. The first-order chi connectivity index (χ1) is 52.1. The molecule has 20 nitrogen and oxygen atoms in total. The zero-order valence-electron chi connectivity index (χ0n) is 58.6. The molecule has 0 saturated heterocycles. The van der Waals surface area contributed by atoms with Gasteiger partial charge in [0.05, 0.1) is 82.0 Å². The van der Waals surface area contributed by atoms with Crippen molar-refractivity contribution in [2.75, 3.05) is 38.0 Å². The zero-order chi connectivity index (χ0) is 79.4. The molecule has 12 aromatic rings. The number of benzene rings is 12. The van der Waals surface area contributed by atoms with E-state index in [2.05, 4.69) is 14.2 Å². The van der Waals surface area contributed by atoms with Gasteiger partial charge in [-0.1, -0.05) is 147 Å². The first-order valence-corrected chi connectivity index (χ1v) is 40.6. The normalized spacial score (nSPS) is 11.7. The molecule has 12 rings (SSSR count). The van der Waals surface area contributed by atoms with Crippen molar-refractivity contribution in [1.29, 1.82) is 0 Å². The number of hydrogen-bond acceptors (Lipinski definition) is 17. The van der Waals surface area contributed by atoms with Crippen molar-refractivity contribution in [3.05, 3.63) is 242 Å². The molecule has 0 aliphatic heterocycles. The summed E-state index contributed by atoms with van der Waals surface area (Å²) in [6.45, 7) is 8.29. The van der Waals surface area contributed by atoms with Crippen molar-refractivity contribution in [2.24, 2.45) is 5.92 Å². The molecule has 0 saturated carbocycles. The Morgan fingerprint density at radius 2 is 0.755 bits per heavy atom. The number of ether oxygens (including phenoxy) is 2. The summed E-state index contributed by atoms with van der Waals surface area (Å²) >= 11 is 2.62. The van der Waals surface area contributed by atoms with Crippen LogP contribution in [0.5, 0.6) is 28.7 Å². The Morgan fingerprint density at radius 1 is 0.409 bits per heavy atom. The predicted octanol–water partition coefficient (Wildman–Crippen LogP) is 18.5. The van der Waals surface area contributed by atoms with E-state index >= 15 is 0 Å². The number of hydrogen-bond donors (Lipinski definition) is 9. The molecule has 12 aromatic carbocycles. The molecule has 0 fully saturated rings. The molecule has 0 bridgehead atoms. The van der Waals surface area contributed by atoms with Crippen molar-refractivity contribution >= 4 is 133 Å². The second-order valence-electron chi connectivity index (χ2n) is 25.0. The summed E-state index contributed by atoms with van der Waals surface area (Å²) in [5, 5.41) is 61.3. The Labute approximate surface area is 642 Å². The fourth-order valence-electron chi connectivity index (χ4n) is 11.1. The van der Waals surface area contributed by atoms with E-state index in [-0.39, 0.29) is 110 Å². The molecule has 0 heterocycles. The number of carboxylic acids is 3. The molecule has 0 atom stereocenters. The number of fused-ring (bicyclic) bond motifs is 3. The van der Waals surface area contributed by atoms with Crippen molar-refractivity contribution in [3.63, 3.8) is 0 Å². The van der Waals surface area contributed by atoms with Crippen LogP contribution in [0.1, 0.15) is 33.3 Å². The van der Waals surface area contributed by atoms with E-state index in [1.807, 2.05) is 58.0 Å². The fourth-order valence-corrected chi connectivity index (χ4v) is 16.6. The number of anilines is 3. The summed E-state index contributed by atoms with van der Waals surface area (Å²) in [4.78, 5) is 33.5. The number of phenolic OH excluding ortho intramolecular Hbond substituents is 3. The van der Waals surface area contributed by atoms with Gasteiger partial charge in [0.2, 0.25) is 0 Å². The molecular weight excluding hydrogens is 1540 g/mol. The van der Waals surface area contributed by atoms with Crippen LogP contribution in [0.3, 0.4) is 0 Å². The Hall–Kier alpha value is -11.2. The number of rotatable bonds is 26. The minimum Gasteiger partial charge on any atom is -0.506 e. The van der Waals surface area contributed by atoms with Crippen LogP contribution in [0, 0.1) is 11.7 Å². The fraction of sp³-hybridized carbons (Fsp3) is 0.138. The number of aromatic hydroxyl groups is 3. The van der Waals surface area contributed by atoms with Gasteiger partial charge in [0.25, 0.3) is 30.1 Å². The average Bonchev–Trinajstić information content (AvgIpc) is 0.781. The number of phenols is 3. The SMILES string of the molecule is CC(C)COc1ccc(-c2cccc(S(=O)(=O)Nc3cc(SCC(=O)O)c(O)c4ccccc34)c2)c(F)c1.CC(C)Oc1cccc(-c2cccc(S(=O)(=O)Nc3cc(SCC(=O)O)c(O)c4ccccc34)c2)c1.O=C(O)CSc1cc(NS(=O)(=O)c2cccc(-c3cccc(C(F)(F)F)c3)c2)c2ccccc2c1O. The molecule has 0 spiro atoms. The monoisotopic (exact) mass is 1610 g/mol. The topological polar surface area (TPSA) is 330 Å². The maximum atomic E-state index is 14.9. The van der Waals surface area contributed by atoms with Gasteiger partial charge in [-0.2, -0.15) is 13.2 Å². The molecule has 0 unspecified atom stereocenters. The van der Waals surface area contributed by atoms with Crippen LogP contribution in [0.4, 0.5) is 34.6 Å². The number of halogens is 4. The molecule has 570 valence electrons. The van der Waals surface area contributed by atoms with E-state index in [0.717, 1.165) is 53.0 Å². The van der Waals surface area contributed by atoms with Crippen LogP contribution in [-0.4, -0.2) is 104 Å². The summed E-state index contributed by atoms with van der Waals surface area (Å²) in [6.07, 6.45) is -4.53. The molecule has 0 aliphatic rings. The number of carboxylic acid groups (broad SMARTS) is 3. The smallest absolute Gasteiger partial charge is 0.416 e. The van der Waals surface area contributed by atoms with Gasteiger partial charge in [0, 0.05) is 43.9 Å². The predicted molar refractivity (Wildman–Crippen MR) is 421 cm³/mol. The lowest BCUT2D eigenvalue weighted by Crippen LogP contribution is -2.13. The van der Waals surface area contributed by atoms with Crippen molar-refractivity contribution in [3.8, 4) is 62.1 Å². The van der Waals surface area contributed by atoms with E-state index in [0.29, 0.717) is 61.6 Å². The summed E-state index contributed by atoms with van der Waals surface area (Å²) in [5.41, 5.74) is 2.27. The van der Waals surface area contributed by atoms with Crippen LogP contribution in [0.15, 0.2) is 260 Å². The van der Waals surface area contributed by atoms with Gasteiger partial charge in [-0.3, -0.25) is 28.5 Å². The van der Waals surface area contributed by atoms with Crippen LogP contribution >= 0.6 is 35.3 Å². The molecule has 110 heavy (non-hydrogen) atoms. The molecule has 0 amide bonds. The van der Waals surface area contributed by atoms with Crippen molar-refractivity contribution < 1.29 is 97.3 Å². The highest BCUT2D eigenvalue weighted by Crippen LogP contribution is 2.45. The Morgan fingerprint density at radius 3 is 1.12 bits per heavy atom. The maximum Gasteiger partial charge on any atom is 0.416 e. The third-order valence-electron chi connectivity index (χ3n) is 16.1. The van der Waals surface area contributed by atoms with Gasteiger partial charge in [0.15, 0.2) is 0 Å². The van der Waals surface area contributed by atoms with E-state index in [1.54, 1.807) is 103 Å². The van der Waals surface area contributed by atoms with Crippen LogP contribution in [0.2, 0.25) is 0 Å². The number of nitrogens with one attached hydrogen (secondary N) is 3. The van der Waals surface area contributed by atoms with E-state index in [4.69, 9.17) is 24.8 Å². The standard InChI is InChI=1S/C28H26FNO6S2.C27H25NO6S2.C25H18F3NO5S2/c1-17(2)15-36-19-10-11-21(24(29)13-19)18-6-5-7-20(12-18)38(34,35)30-25-14-26(37-16-27(31)32)28(33)23-9-4-3-8-22(23)25;1-17(2)34-20-9-5-7-18(13-20)19-8-6-10-21(14-19)36(32,33)28-24-15-25(35-16-26(29)30)27(31)23-12-4-3-11-22(23)24;26-25(27,28)17-7-3-5-15(11-17)16-6-4-8-18(12-16)36(33,34)29-21-13-22(35-14-23(30)31)24(32)20-10-2-1-9-19(20)21/h3-14,17,30,33H,15-16H2,1-2H3,(H,31,32);3-15,17,28,31H,16H2,1-2H3,(H,29,30);1-13,29,32H,14H2,(H,30,31).